The molecule has 1 amide bonds. The minimum Gasteiger partial charge on any atom is -0.351 e. The van der Waals surface area contributed by atoms with Crippen LogP contribution >= 0.6 is 0 Å². The first kappa shape index (κ1) is 16.8. The van der Waals surface area contributed by atoms with E-state index in [2.05, 4.69) is 24.1 Å². The summed E-state index contributed by atoms with van der Waals surface area (Å²) >= 11 is 0. The van der Waals surface area contributed by atoms with Gasteiger partial charge >= 0.3 is 0 Å². The van der Waals surface area contributed by atoms with Crippen LogP contribution in [0.3, 0.4) is 0 Å². The van der Waals surface area contributed by atoms with Crippen LogP contribution in [0, 0.1) is 10.1 Å². The first-order valence-corrected chi connectivity index (χ1v) is 6.99. The Kier molecular flexibility index (Phi) is 7.11. The third-order valence-electron chi connectivity index (χ3n) is 3.13. The maximum absolute atomic E-state index is 11.6. The molecule has 114 valence electrons. The van der Waals surface area contributed by atoms with Gasteiger partial charge in [-0.3, -0.25) is 14.9 Å². The summed E-state index contributed by atoms with van der Waals surface area (Å²) < 4.78 is 0. The number of carbonyl (C=O) groups is 1. The van der Waals surface area contributed by atoms with Crippen LogP contribution < -0.4 is 5.32 Å². The normalized spacial score (nSPS) is 11.0. The van der Waals surface area contributed by atoms with Crippen molar-refractivity contribution in [1.29, 1.82) is 0 Å². The summed E-state index contributed by atoms with van der Waals surface area (Å²) in [6.45, 7) is 7.45. The van der Waals surface area contributed by atoms with Gasteiger partial charge in [0.2, 0.25) is 5.91 Å². The smallest absolute Gasteiger partial charge is 0.270 e. The zero-order chi connectivity index (χ0) is 15.7. The molecule has 0 spiro atoms. The maximum atomic E-state index is 11.6. The number of nitrogens with zero attached hydrogens (tertiary/aromatic N) is 2. The second kappa shape index (κ2) is 8.86. The van der Waals surface area contributed by atoms with Crippen molar-refractivity contribution in [2.75, 3.05) is 26.2 Å². The second-order valence-electron chi connectivity index (χ2n) is 4.50. The number of non-ortho nitro benzene ring substituents is 1. The van der Waals surface area contributed by atoms with Crippen LogP contribution in [0.15, 0.2) is 30.3 Å². The Labute approximate surface area is 124 Å². The minimum absolute atomic E-state index is 0.0130. The predicted molar refractivity (Wildman–Crippen MR) is 82.9 cm³/mol. The Morgan fingerprint density at radius 2 is 2.10 bits per heavy atom. The van der Waals surface area contributed by atoms with E-state index in [1.807, 2.05) is 0 Å². The average Bonchev–Trinajstić information content (AvgIpc) is 2.50. The molecule has 0 heterocycles. The molecular formula is C15H21N3O3. The number of hydrogen-bond acceptors (Lipinski definition) is 4. The van der Waals surface area contributed by atoms with Crippen LogP contribution in [0.25, 0.3) is 6.08 Å². The van der Waals surface area contributed by atoms with E-state index in [1.165, 1.54) is 18.2 Å². The van der Waals surface area contributed by atoms with Crippen molar-refractivity contribution in [1.82, 2.24) is 10.2 Å². The monoisotopic (exact) mass is 291 g/mol. The molecule has 1 aromatic carbocycles. The molecule has 0 bridgehead atoms. The van der Waals surface area contributed by atoms with Gasteiger partial charge in [0, 0.05) is 31.3 Å². The van der Waals surface area contributed by atoms with Crippen LogP contribution in [-0.4, -0.2) is 41.9 Å². The third kappa shape index (κ3) is 6.18. The van der Waals surface area contributed by atoms with Gasteiger partial charge in [0.05, 0.1) is 4.92 Å². The molecule has 6 nitrogen and oxygen atoms in total. The number of nitro groups is 1. The highest BCUT2D eigenvalue weighted by atomic mass is 16.6. The van der Waals surface area contributed by atoms with Crippen molar-refractivity contribution in [3.8, 4) is 0 Å². The zero-order valence-corrected chi connectivity index (χ0v) is 12.4. The Morgan fingerprint density at radius 1 is 1.38 bits per heavy atom. The number of likely N-dealkylation sites (N-methyl/N-ethyl adjacent to an activating group) is 1. The standard InChI is InChI=1S/C15H21N3O3/c1-3-17(4-2)11-10-16-15(19)9-8-13-6-5-7-14(12-13)18(20)21/h5-9,12H,3-4,10-11H2,1-2H3,(H,16,19)/b9-8+. The summed E-state index contributed by atoms with van der Waals surface area (Å²) in [5.41, 5.74) is 0.641. The molecular weight excluding hydrogens is 270 g/mol. The number of nitro benzene ring substituents is 1. The molecule has 0 aliphatic rings. The Bertz CT molecular complexity index is 511. The van der Waals surface area contributed by atoms with E-state index in [1.54, 1.807) is 18.2 Å². The number of amides is 1. The van der Waals surface area contributed by atoms with E-state index in [0.717, 1.165) is 19.6 Å². The van der Waals surface area contributed by atoms with Crippen molar-refractivity contribution in [2.45, 2.75) is 13.8 Å². The van der Waals surface area contributed by atoms with Crippen molar-refractivity contribution in [3.05, 3.63) is 46.0 Å². The summed E-state index contributed by atoms with van der Waals surface area (Å²) in [7, 11) is 0. The van der Waals surface area contributed by atoms with Gasteiger partial charge in [-0.05, 0) is 24.7 Å². The van der Waals surface area contributed by atoms with Gasteiger partial charge in [0.15, 0.2) is 0 Å². The quantitative estimate of drug-likeness (QED) is 0.452. The SMILES string of the molecule is CCN(CC)CCNC(=O)/C=C/c1cccc([N+](=O)[O-])c1. The molecule has 6 heteroatoms. The molecule has 0 fully saturated rings. The van der Waals surface area contributed by atoms with Crippen molar-refractivity contribution >= 4 is 17.7 Å². The van der Waals surface area contributed by atoms with E-state index in [4.69, 9.17) is 0 Å². The molecule has 0 aliphatic carbocycles. The molecule has 0 atom stereocenters. The lowest BCUT2D eigenvalue weighted by Gasteiger charge is -2.17. The lowest BCUT2D eigenvalue weighted by atomic mass is 10.2. The number of rotatable bonds is 8. The number of carbonyl (C=O) groups excluding carboxylic acids is 1. The zero-order valence-electron chi connectivity index (χ0n) is 12.4. The molecule has 0 radical (unpaired) electrons. The molecule has 0 aliphatic heterocycles. The lowest BCUT2D eigenvalue weighted by Crippen LogP contribution is -2.34. The molecule has 1 N–H and O–H groups in total. The van der Waals surface area contributed by atoms with Crippen LogP contribution in [-0.2, 0) is 4.79 Å². The lowest BCUT2D eigenvalue weighted by molar-refractivity contribution is -0.384. The average molecular weight is 291 g/mol. The Hall–Kier alpha value is -2.21. The van der Waals surface area contributed by atoms with Crippen molar-refractivity contribution in [3.63, 3.8) is 0 Å². The fraction of sp³-hybridized carbons (Fsp3) is 0.400. The second-order valence-corrected chi connectivity index (χ2v) is 4.50. The number of benzene rings is 1. The summed E-state index contributed by atoms with van der Waals surface area (Å²) in [5.74, 6) is -0.200. The molecule has 21 heavy (non-hydrogen) atoms. The number of hydrogen-bond donors (Lipinski definition) is 1. The first-order valence-electron chi connectivity index (χ1n) is 6.99. The number of nitrogens with one attached hydrogen (secondary N) is 1. The van der Waals surface area contributed by atoms with E-state index in [0.29, 0.717) is 12.1 Å². The van der Waals surface area contributed by atoms with E-state index >= 15 is 0 Å². The minimum atomic E-state index is -0.457. The van der Waals surface area contributed by atoms with Crippen LogP contribution in [0.2, 0.25) is 0 Å². The van der Waals surface area contributed by atoms with E-state index in [-0.39, 0.29) is 11.6 Å². The van der Waals surface area contributed by atoms with Gasteiger partial charge in [-0.2, -0.15) is 0 Å². The van der Waals surface area contributed by atoms with Gasteiger partial charge in [0.1, 0.15) is 0 Å². The topological polar surface area (TPSA) is 75.5 Å². The van der Waals surface area contributed by atoms with Gasteiger partial charge in [-0.1, -0.05) is 26.0 Å². The predicted octanol–water partition coefficient (Wildman–Crippen LogP) is 2.07. The summed E-state index contributed by atoms with van der Waals surface area (Å²) in [5, 5.41) is 13.4. The highest BCUT2D eigenvalue weighted by molar-refractivity contribution is 5.91. The van der Waals surface area contributed by atoms with Crippen molar-refractivity contribution < 1.29 is 9.72 Å². The van der Waals surface area contributed by atoms with E-state index in [9.17, 15) is 14.9 Å². The van der Waals surface area contributed by atoms with Crippen molar-refractivity contribution in [2.24, 2.45) is 0 Å². The van der Waals surface area contributed by atoms with Crippen LogP contribution in [0.1, 0.15) is 19.4 Å². The molecule has 1 rings (SSSR count). The summed E-state index contributed by atoms with van der Waals surface area (Å²) in [6.07, 6.45) is 2.96. The Morgan fingerprint density at radius 3 is 2.71 bits per heavy atom. The molecule has 0 saturated carbocycles. The highest BCUT2D eigenvalue weighted by Crippen LogP contribution is 2.13. The molecule has 0 unspecified atom stereocenters. The summed E-state index contributed by atoms with van der Waals surface area (Å²) in [6, 6.07) is 6.16. The fourth-order valence-electron chi connectivity index (χ4n) is 1.85. The highest BCUT2D eigenvalue weighted by Gasteiger charge is 2.04. The fourth-order valence-corrected chi connectivity index (χ4v) is 1.85. The molecule has 1 aromatic rings. The van der Waals surface area contributed by atoms with Crippen LogP contribution in [0.4, 0.5) is 5.69 Å². The van der Waals surface area contributed by atoms with Gasteiger partial charge < -0.3 is 10.2 Å². The maximum Gasteiger partial charge on any atom is 0.270 e. The van der Waals surface area contributed by atoms with E-state index < -0.39 is 4.92 Å². The molecule has 0 aromatic heterocycles. The van der Waals surface area contributed by atoms with Gasteiger partial charge in [0.25, 0.3) is 5.69 Å². The third-order valence-corrected chi connectivity index (χ3v) is 3.13. The first-order chi connectivity index (χ1) is 10.1. The Balaban J connectivity index is 2.47. The largest absolute Gasteiger partial charge is 0.351 e. The van der Waals surface area contributed by atoms with Crippen LogP contribution in [0.5, 0.6) is 0 Å². The molecule has 0 saturated heterocycles. The van der Waals surface area contributed by atoms with Gasteiger partial charge in [-0.25, -0.2) is 0 Å². The van der Waals surface area contributed by atoms with Gasteiger partial charge in [-0.15, -0.1) is 0 Å². The summed E-state index contributed by atoms with van der Waals surface area (Å²) in [4.78, 5) is 24.0.